The molecule has 0 radical (unpaired) electrons. The SMILES string of the molecule is CCCn1ncc(CN[C@@H]2COc3c(cccc3OC)C2)c1C. The third kappa shape index (κ3) is 3.34. The van der Waals surface area contributed by atoms with E-state index < -0.39 is 0 Å². The average molecular weight is 315 g/mol. The molecule has 3 rings (SSSR count). The molecule has 1 N–H and O–H groups in total. The zero-order chi connectivity index (χ0) is 16.2. The van der Waals surface area contributed by atoms with Gasteiger partial charge >= 0.3 is 0 Å². The van der Waals surface area contributed by atoms with Crippen LogP contribution < -0.4 is 14.8 Å². The monoisotopic (exact) mass is 315 g/mol. The molecule has 1 aromatic carbocycles. The second-order valence-electron chi connectivity index (χ2n) is 6.02. The van der Waals surface area contributed by atoms with Gasteiger partial charge in [0.25, 0.3) is 0 Å². The number of methoxy groups -OCH3 is 1. The number of benzene rings is 1. The summed E-state index contributed by atoms with van der Waals surface area (Å²) in [5, 5.41) is 8.05. The van der Waals surface area contributed by atoms with Crippen LogP contribution in [0.5, 0.6) is 11.5 Å². The maximum Gasteiger partial charge on any atom is 0.164 e. The van der Waals surface area contributed by atoms with Gasteiger partial charge in [-0.15, -0.1) is 0 Å². The second-order valence-corrected chi connectivity index (χ2v) is 6.02. The Morgan fingerprint density at radius 3 is 3.09 bits per heavy atom. The van der Waals surface area contributed by atoms with Crippen molar-refractivity contribution in [1.29, 1.82) is 0 Å². The molecule has 0 amide bonds. The molecule has 0 saturated heterocycles. The molecule has 0 spiro atoms. The van der Waals surface area contributed by atoms with Crippen molar-refractivity contribution in [3.05, 3.63) is 41.2 Å². The minimum Gasteiger partial charge on any atom is -0.493 e. The molecule has 124 valence electrons. The number of ether oxygens (including phenoxy) is 2. The minimum absolute atomic E-state index is 0.309. The predicted octanol–water partition coefficient (Wildman–Crippen LogP) is 2.70. The van der Waals surface area contributed by atoms with Gasteiger partial charge < -0.3 is 14.8 Å². The Bertz CT molecular complexity index is 666. The quantitative estimate of drug-likeness (QED) is 0.890. The number of aryl methyl sites for hydroxylation is 1. The van der Waals surface area contributed by atoms with Gasteiger partial charge in [-0.05, 0) is 31.4 Å². The highest BCUT2D eigenvalue weighted by Crippen LogP contribution is 2.34. The number of hydrogen-bond acceptors (Lipinski definition) is 4. The van der Waals surface area contributed by atoms with Crippen molar-refractivity contribution in [2.24, 2.45) is 0 Å². The smallest absolute Gasteiger partial charge is 0.164 e. The Hall–Kier alpha value is -2.01. The average Bonchev–Trinajstić information content (AvgIpc) is 2.93. The third-order valence-corrected chi connectivity index (χ3v) is 4.40. The molecule has 1 aromatic heterocycles. The van der Waals surface area contributed by atoms with Crippen LogP contribution in [0, 0.1) is 6.92 Å². The van der Waals surface area contributed by atoms with Gasteiger partial charge in [-0.25, -0.2) is 0 Å². The highest BCUT2D eigenvalue weighted by atomic mass is 16.5. The van der Waals surface area contributed by atoms with Crippen molar-refractivity contribution in [1.82, 2.24) is 15.1 Å². The Labute approximate surface area is 137 Å². The van der Waals surface area contributed by atoms with Gasteiger partial charge in [0.05, 0.1) is 13.3 Å². The molecule has 23 heavy (non-hydrogen) atoms. The number of fused-ring (bicyclic) bond motifs is 1. The summed E-state index contributed by atoms with van der Waals surface area (Å²) < 4.78 is 13.4. The van der Waals surface area contributed by atoms with Gasteiger partial charge in [-0.3, -0.25) is 4.68 Å². The van der Waals surface area contributed by atoms with Crippen LogP contribution >= 0.6 is 0 Å². The molecule has 1 aliphatic heterocycles. The molecule has 5 heteroatoms. The molecule has 0 unspecified atom stereocenters. The first-order valence-electron chi connectivity index (χ1n) is 8.26. The summed E-state index contributed by atoms with van der Waals surface area (Å²) in [7, 11) is 1.68. The van der Waals surface area contributed by atoms with Crippen molar-refractivity contribution in [2.45, 2.75) is 45.8 Å². The van der Waals surface area contributed by atoms with Crippen LogP contribution in [0.1, 0.15) is 30.2 Å². The highest BCUT2D eigenvalue weighted by molar-refractivity contribution is 5.48. The predicted molar refractivity (Wildman–Crippen MR) is 90.1 cm³/mol. The molecule has 5 nitrogen and oxygen atoms in total. The van der Waals surface area contributed by atoms with Crippen molar-refractivity contribution in [2.75, 3.05) is 13.7 Å². The fourth-order valence-corrected chi connectivity index (χ4v) is 3.04. The lowest BCUT2D eigenvalue weighted by molar-refractivity contribution is 0.226. The van der Waals surface area contributed by atoms with Gasteiger partial charge in [0.15, 0.2) is 11.5 Å². The molecular weight excluding hydrogens is 290 g/mol. The second kappa shape index (κ2) is 7.04. The van der Waals surface area contributed by atoms with E-state index >= 15 is 0 Å². The lowest BCUT2D eigenvalue weighted by Gasteiger charge is -2.27. The van der Waals surface area contributed by atoms with Crippen molar-refractivity contribution >= 4 is 0 Å². The number of nitrogens with one attached hydrogen (secondary N) is 1. The zero-order valence-electron chi connectivity index (χ0n) is 14.1. The van der Waals surface area contributed by atoms with E-state index in [2.05, 4.69) is 35.0 Å². The van der Waals surface area contributed by atoms with E-state index in [1.807, 2.05) is 18.3 Å². The maximum atomic E-state index is 5.91. The van der Waals surface area contributed by atoms with Crippen LogP contribution in [-0.2, 0) is 19.5 Å². The largest absolute Gasteiger partial charge is 0.493 e. The summed E-state index contributed by atoms with van der Waals surface area (Å²) in [4.78, 5) is 0. The van der Waals surface area contributed by atoms with Crippen LogP contribution in [0.4, 0.5) is 0 Å². The standard InChI is InChI=1S/C18H25N3O2/c1-4-8-21-13(2)15(11-20-21)10-19-16-9-14-6-5-7-17(22-3)18(14)23-12-16/h5-7,11,16,19H,4,8-10,12H2,1-3H3/t16-/m0/s1. The van der Waals surface area contributed by atoms with Crippen LogP contribution in [-0.4, -0.2) is 29.5 Å². The number of para-hydroxylation sites is 1. The number of hydrogen-bond donors (Lipinski definition) is 1. The molecule has 0 bridgehead atoms. The first-order valence-corrected chi connectivity index (χ1v) is 8.26. The van der Waals surface area contributed by atoms with Gasteiger partial charge in [-0.1, -0.05) is 19.1 Å². The Kier molecular flexibility index (Phi) is 4.86. The molecule has 0 saturated carbocycles. The maximum absolute atomic E-state index is 5.91. The van der Waals surface area contributed by atoms with Crippen LogP contribution in [0.15, 0.2) is 24.4 Å². The number of rotatable bonds is 6. The van der Waals surface area contributed by atoms with E-state index in [9.17, 15) is 0 Å². The summed E-state index contributed by atoms with van der Waals surface area (Å²) in [5.74, 6) is 1.71. The van der Waals surface area contributed by atoms with Gasteiger partial charge in [0.1, 0.15) is 6.61 Å². The summed E-state index contributed by atoms with van der Waals surface area (Å²) in [5.41, 5.74) is 3.71. The van der Waals surface area contributed by atoms with E-state index in [1.165, 1.54) is 16.8 Å². The van der Waals surface area contributed by atoms with Gasteiger partial charge in [0.2, 0.25) is 0 Å². The first-order chi connectivity index (χ1) is 11.2. The zero-order valence-corrected chi connectivity index (χ0v) is 14.1. The number of nitrogens with zero attached hydrogens (tertiary/aromatic N) is 2. The van der Waals surface area contributed by atoms with Crippen LogP contribution in [0.3, 0.4) is 0 Å². The molecule has 1 atom stereocenters. The Balaban J connectivity index is 1.62. The topological polar surface area (TPSA) is 48.3 Å². The first kappa shape index (κ1) is 15.9. The Morgan fingerprint density at radius 1 is 1.43 bits per heavy atom. The van der Waals surface area contributed by atoms with Gasteiger partial charge in [0, 0.05) is 30.4 Å². The molecule has 2 heterocycles. The number of aromatic nitrogens is 2. The van der Waals surface area contributed by atoms with Crippen LogP contribution in [0.25, 0.3) is 0 Å². The molecular formula is C18H25N3O2. The lowest BCUT2D eigenvalue weighted by Crippen LogP contribution is -2.39. The normalized spacial score (nSPS) is 16.7. The van der Waals surface area contributed by atoms with Crippen molar-refractivity contribution in [3.8, 4) is 11.5 Å². The van der Waals surface area contributed by atoms with E-state index in [0.29, 0.717) is 12.6 Å². The fourth-order valence-electron chi connectivity index (χ4n) is 3.04. The molecule has 0 aliphatic carbocycles. The molecule has 1 aliphatic rings. The van der Waals surface area contributed by atoms with E-state index in [0.717, 1.165) is 37.4 Å². The Morgan fingerprint density at radius 2 is 2.30 bits per heavy atom. The van der Waals surface area contributed by atoms with Crippen molar-refractivity contribution < 1.29 is 9.47 Å². The van der Waals surface area contributed by atoms with E-state index in [1.54, 1.807) is 7.11 Å². The highest BCUT2D eigenvalue weighted by Gasteiger charge is 2.22. The minimum atomic E-state index is 0.309. The summed E-state index contributed by atoms with van der Waals surface area (Å²) in [6, 6.07) is 6.37. The van der Waals surface area contributed by atoms with E-state index in [-0.39, 0.29) is 0 Å². The van der Waals surface area contributed by atoms with Crippen molar-refractivity contribution in [3.63, 3.8) is 0 Å². The van der Waals surface area contributed by atoms with Crippen LogP contribution in [0.2, 0.25) is 0 Å². The van der Waals surface area contributed by atoms with E-state index in [4.69, 9.17) is 9.47 Å². The fraction of sp³-hybridized carbons (Fsp3) is 0.500. The third-order valence-electron chi connectivity index (χ3n) is 4.40. The molecule has 2 aromatic rings. The summed E-state index contributed by atoms with van der Waals surface area (Å²) in [6.07, 6.45) is 4.03. The van der Waals surface area contributed by atoms with Gasteiger partial charge in [-0.2, -0.15) is 5.10 Å². The summed E-state index contributed by atoms with van der Waals surface area (Å²) in [6.45, 7) is 6.77. The molecule has 0 fully saturated rings. The lowest BCUT2D eigenvalue weighted by atomic mass is 10.0. The summed E-state index contributed by atoms with van der Waals surface area (Å²) >= 11 is 0.